The van der Waals surface area contributed by atoms with Crippen LogP contribution in [0.15, 0.2) is 53.7 Å². The summed E-state index contributed by atoms with van der Waals surface area (Å²) in [6.07, 6.45) is 4.66. The number of amides is 1. The molecule has 1 aliphatic heterocycles. The maximum absolute atomic E-state index is 14.9. The summed E-state index contributed by atoms with van der Waals surface area (Å²) < 4.78 is 32.1. The van der Waals surface area contributed by atoms with E-state index in [-0.39, 0.29) is 55.6 Å². The molecule has 3 fully saturated rings. The van der Waals surface area contributed by atoms with Gasteiger partial charge in [-0.2, -0.15) is 0 Å². The van der Waals surface area contributed by atoms with Gasteiger partial charge in [0.1, 0.15) is 29.4 Å². The van der Waals surface area contributed by atoms with Gasteiger partial charge in [-0.25, -0.2) is 9.97 Å². The molecule has 1 amide bonds. The number of benzene rings is 1. The van der Waals surface area contributed by atoms with E-state index in [1.165, 1.54) is 17.2 Å². The van der Waals surface area contributed by atoms with Crippen LogP contribution in [0.5, 0.6) is 11.5 Å². The third kappa shape index (κ3) is 9.53. The maximum Gasteiger partial charge on any atom is 0.306 e. The first-order valence-electron chi connectivity index (χ1n) is 20.4. The van der Waals surface area contributed by atoms with Gasteiger partial charge >= 0.3 is 5.97 Å². The summed E-state index contributed by atoms with van der Waals surface area (Å²) in [5.74, 6) is 0.286. The average molecular weight is 835 g/mol. The first kappa shape index (κ1) is 43.5. The van der Waals surface area contributed by atoms with E-state index in [1.54, 1.807) is 31.9 Å². The molecule has 3 heterocycles. The molecule has 0 spiro atoms. The second-order valence-electron chi connectivity index (χ2n) is 17.8. The molecule has 3 aliphatic rings. The summed E-state index contributed by atoms with van der Waals surface area (Å²) in [4.78, 5) is 65.5. The first-order valence-corrected chi connectivity index (χ1v) is 23.0. The molecule has 2 aromatic heterocycles. The van der Waals surface area contributed by atoms with Gasteiger partial charge in [-0.15, -0.1) is 17.9 Å². The van der Waals surface area contributed by atoms with Crippen molar-refractivity contribution < 1.29 is 38.1 Å². The van der Waals surface area contributed by atoms with Crippen LogP contribution in [0.25, 0.3) is 22.3 Å². The van der Waals surface area contributed by atoms with E-state index >= 15 is 0 Å². The Kier molecular flexibility index (Phi) is 13.0. The largest absolute Gasteiger partial charge is 0.497 e. The molecule has 3 aromatic rings. The highest BCUT2D eigenvalue weighted by Crippen LogP contribution is 2.74. The van der Waals surface area contributed by atoms with E-state index in [4.69, 9.17) is 24.2 Å². The van der Waals surface area contributed by atoms with Crippen molar-refractivity contribution in [3.05, 3.63) is 53.7 Å². The van der Waals surface area contributed by atoms with Crippen LogP contribution in [0.2, 0.25) is 0 Å². The molecule has 58 heavy (non-hydrogen) atoms. The predicted octanol–water partition coefficient (Wildman–Crippen LogP) is 9.17. The molecule has 1 saturated heterocycles. The molecule has 6 atom stereocenters. The van der Waals surface area contributed by atoms with Crippen molar-refractivity contribution in [2.24, 2.45) is 17.3 Å². The van der Waals surface area contributed by atoms with E-state index in [1.807, 2.05) is 64.3 Å². The number of esters is 1. The van der Waals surface area contributed by atoms with Crippen LogP contribution in [-0.4, -0.2) is 80.5 Å². The lowest BCUT2D eigenvalue weighted by Crippen LogP contribution is -2.48. The standard InChI is InChI=1S/C44H59N4O8PS/c1-10-28-21-44(28,57(52,53)24-26(2)3)22-38(49)37-18-31(23-48(37)41(51)33(43(6,7)8)19-40(50)56-29-13-11-12-14-29)55-39-20-35(36-25-58-42(47-36)45-27(4)5)46-34-17-30(54-9)15-16-32(34)39/h10,15-17,20,24-25,27-29,31,33,37H,1,11-14,18-19,21-23H2,2-9H3,(H,45,47)(H,52,53)/t28-,31-,33-,37+,44-/m1/s1. The molecule has 0 radical (unpaired) electrons. The van der Waals surface area contributed by atoms with Gasteiger partial charge in [-0.1, -0.05) is 32.4 Å². The van der Waals surface area contributed by atoms with Crippen LogP contribution in [-0.2, 0) is 23.7 Å². The van der Waals surface area contributed by atoms with Gasteiger partial charge in [0.25, 0.3) is 0 Å². The third-order valence-corrected chi connectivity index (χ3v) is 15.2. The van der Waals surface area contributed by atoms with Crippen LogP contribution in [0, 0.1) is 17.3 Å². The van der Waals surface area contributed by atoms with Crippen molar-refractivity contribution in [3.63, 3.8) is 0 Å². The number of carbonyl (C=O) groups is 3. The summed E-state index contributed by atoms with van der Waals surface area (Å²) in [5, 5.41) is 5.54. The number of thiazole rings is 1. The third-order valence-electron chi connectivity index (χ3n) is 11.6. The second-order valence-corrected chi connectivity index (χ2v) is 21.1. The molecule has 14 heteroatoms. The van der Waals surface area contributed by atoms with Crippen molar-refractivity contribution in [2.75, 3.05) is 19.0 Å². The van der Waals surface area contributed by atoms with E-state index in [9.17, 15) is 23.8 Å². The van der Waals surface area contributed by atoms with Crippen molar-refractivity contribution in [1.82, 2.24) is 14.9 Å². The van der Waals surface area contributed by atoms with Gasteiger partial charge in [0.15, 0.2) is 10.9 Å². The van der Waals surface area contributed by atoms with Crippen LogP contribution in [0.1, 0.15) is 99.8 Å². The fraction of sp³-hybridized carbons (Fsp3) is 0.568. The number of Topliss-reactive ketones (excluding diaryl/α,β-unsaturated/α-hetero) is 1. The number of anilines is 1. The molecular weight excluding hydrogens is 776 g/mol. The Labute approximate surface area is 346 Å². The lowest BCUT2D eigenvalue weighted by molar-refractivity contribution is -0.156. The number of nitrogens with one attached hydrogen (secondary N) is 1. The van der Waals surface area contributed by atoms with Gasteiger partial charge in [0, 0.05) is 41.8 Å². The topological polar surface area (TPSA) is 157 Å². The Balaban J connectivity index is 1.35. The highest BCUT2D eigenvalue weighted by Gasteiger charge is 2.64. The molecule has 0 bridgehead atoms. The van der Waals surface area contributed by atoms with Crippen molar-refractivity contribution in [3.8, 4) is 22.9 Å². The summed E-state index contributed by atoms with van der Waals surface area (Å²) in [6.45, 7) is 17.3. The first-order chi connectivity index (χ1) is 27.3. The number of hydrogen-bond acceptors (Lipinski definition) is 11. The Hall–Kier alpha value is -4.06. The van der Waals surface area contributed by atoms with Gasteiger partial charge in [-0.05, 0) is 89.1 Å². The molecule has 314 valence electrons. The number of allylic oxidation sites excluding steroid dienone is 2. The molecule has 6 rings (SSSR count). The van der Waals surface area contributed by atoms with Crippen molar-refractivity contribution in [1.29, 1.82) is 0 Å². The van der Waals surface area contributed by atoms with E-state index in [0.717, 1.165) is 30.8 Å². The van der Waals surface area contributed by atoms with Gasteiger partial charge in [-0.3, -0.25) is 18.9 Å². The quantitative estimate of drug-likeness (QED) is 0.0806. The van der Waals surface area contributed by atoms with Crippen LogP contribution in [0.4, 0.5) is 5.13 Å². The minimum absolute atomic E-state index is 0.0661. The Morgan fingerprint density at radius 3 is 2.47 bits per heavy atom. The molecule has 2 N–H and O–H groups in total. The number of carbonyl (C=O) groups excluding carboxylic acids is 3. The number of aromatic nitrogens is 2. The molecular formula is C44H59N4O8PS. The number of methoxy groups -OCH3 is 1. The SMILES string of the molecule is C=C[C@@H]1C[C@]1(CC(=O)[C@@H]1C[C@@H](Oc2cc(-c3csc(NC(C)C)n3)nc3cc(OC)ccc23)CN1C(=O)[C@@H](CC(=O)OC1CCCC1)C(C)(C)C)P(=O)(O)C=C(C)C. The second kappa shape index (κ2) is 17.3. The van der Waals surface area contributed by atoms with Crippen LogP contribution in [0.3, 0.4) is 0 Å². The number of rotatable bonds is 16. The highest BCUT2D eigenvalue weighted by atomic mass is 32.1. The monoisotopic (exact) mass is 834 g/mol. The molecule has 2 aliphatic carbocycles. The Morgan fingerprint density at radius 1 is 1.12 bits per heavy atom. The normalized spacial score (nSPS) is 23.6. The maximum atomic E-state index is 14.9. The predicted molar refractivity (Wildman–Crippen MR) is 229 cm³/mol. The zero-order valence-corrected chi connectivity index (χ0v) is 36.8. The lowest BCUT2D eigenvalue weighted by atomic mass is 9.77. The summed E-state index contributed by atoms with van der Waals surface area (Å²) in [5.41, 5.74) is 1.89. The number of nitrogens with zero attached hydrogens (tertiary/aromatic N) is 3. The number of fused-ring (bicyclic) bond motifs is 1. The fourth-order valence-electron chi connectivity index (χ4n) is 8.43. The number of likely N-dealkylation sites (tertiary alicyclic amines) is 1. The van der Waals surface area contributed by atoms with E-state index < -0.39 is 42.0 Å². The summed E-state index contributed by atoms with van der Waals surface area (Å²) in [7, 11) is -2.36. The number of ether oxygens (including phenoxy) is 3. The van der Waals surface area contributed by atoms with Crippen molar-refractivity contribution in [2.45, 2.75) is 129 Å². The Morgan fingerprint density at radius 2 is 1.84 bits per heavy atom. The smallest absolute Gasteiger partial charge is 0.306 e. The minimum atomic E-state index is -3.95. The number of pyridine rings is 1. The molecule has 2 saturated carbocycles. The summed E-state index contributed by atoms with van der Waals surface area (Å²) in [6, 6.07) is 6.58. The van der Waals surface area contributed by atoms with Gasteiger partial charge in [0.2, 0.25) is 13.3 Å². The minimum Gasteiger partial charge on any atom is -0.497 e. The average Bonchev–Trinajstić information content (AvgIpc) is 3.54. The zero-order valence-electron chi connectivity index (χ0n) is 35.1. The van der Waals surface area contributed by atoms with Gasteiger partial charge in [0.05, 0.1) is 48.4 Å². The summed E-state index contributed by atoms with van der Waals surface area (Å²) >= 11 is 1.47. The molecule has 12 nitrogen and oxygen atoms in total. The zero-order chi connectivity index (χ0) is 42.2. The van der Waals surface area contributed by atoms with E-state index in [2.05, 4.69) is 11.9 Å². The van der Waals surface area contributed by atoms with Gasteiger partial charge < -0.3 is 29.3 Å². The Bertz CT molecular complexity index is 2120. The highest BCUT2D eigenvalue weighted by molar-refractivity contribution is 7.63. The number of ketones is 1. The van der Waals surface area contributed by atoms with E-state index in [0.29, 0.717) is 45.8 Å². The van der Waals surface area contributed by atoms with Crippen LogP contribution >= 0.6 is 18.7 Å². The van der Waals surface area contributed by atoms with Crippen LogP contribution < -0.4 is 14.8 Å². The molecule has 1 aromatic carbocycles. The van der Waals surface area contributed by atoms with Crippen molar-refractivity contribution >= 4 is 52.4 Å². The number of hydrogen-bond donors (Lipinski definition) is 2. The fourth-order valence-corrected chi connectivity index (χ4v) is 11.7. The molecule has 1 unspecified atom stereocenters. The lowest BCUT2D eigenvalue weighted by Gasteiger charge is -2.35.